The summed E-state index contributed by atoms with van der Waals surface area (Å²) < 4.78 is 1.88. The SMILES string of the molecule is C=CCn1ncc(NCC(C)(C)CN(C)C)c(Br)c1=O. The van der Waals surface area contributed by atoms with Crippen molar-refractivity contribution in [2.24, 2.45) is 5.41 Å². The monoisotopic (exact) mass is 342 g/mol. The lowest BCUT2D eigenvalue weighted by atomic mass is 9.93. The number of allylic oxidation sites excluding steroid dienone is 1. The largest absolute Gasteiger partial charge is 0.382 e. The van der Waals surface area contributed by atoms with Gasteiger partial charge in [-0.1, -0.05) is 19.9 Å². The molecular formula is C14H23BrN4O. The van der Waals surface area contributed by atoms with Crippen molar-refractivity contribution in [2.45, 2.75) is 20.4 Å². The van der Waals surface area contributed by atoms with E-state index in [4.69, 9.17) is 0 Å². The molecule has 6 heteroatoms. The Balaban J connectivity index is 2.82. The molecule has 20 heavy (non-hydrogen) atoms. The highest BCUT2D eigenvalue weighted by Crippen LogP contribution is 2.21. The first-order valence-corrected chi connectivity index (χ1v) is 7.31. The predicted molar refractivity (Wildman–Crippen MR) is 87.2 cm³/mol. The maximum Gasteiger partial charge on any atom is 0.283 e. The third kappa shape index (κ3) is 4.76. The van der Waals surface area contributed by atoms with Crippen LogP contribution in [0.3, 0.4) is 0 Å². The number of hydrogen-bond acceptors (Lipinski definition) is 4. The molecule has 0 aromatic carbocycles. The van der Waals surface area contributed by atoms with Crippen LogP contribution in [0, 0.1) is 5.41 Å². The maximum atomic E-state index is 12.0. The Kier molecular flexibility index (Phi) is 5.95. The quantitative estimate of drug-likeness (QED) is 0.771. The van der Waals surface area contributed by atoms with Crippen molar-refractivity contribution < 1.29 is 0 Å². The van der Waals surface area contributed by atoms with Crippen LogP contribution in [0.25, 0.3) is 0 Å². The van der Waals surface area contributed by atoms with Crippen LogP contribution < -0.4 is 10.9 Å². The van der Waals surface area contributed by atoms with Crippen LogP contribution in [0.15, 0.2) is 28.1 Å². The van der Waals surface area contributed by atoms with Gasteiger partial charge in [0.15, 0.2) is 0 Å². The van der Waals surface area contributed by atoms with Gasteiger partial charge in [-0.25, -0.2) is 4.68 Å². The minimum absolute atomic E-state index is 0.0961. The highest BCUT2D eigenvalue weighted by atomic mass is 79.9. The highest BCUT2D eigenvalue weighted by Gasteiger charge is 2.19. The molecule has 1 aromatic rings. The molecule has 5 nitrogen and oxygen atoms in total. The summed E-state index contributed by atoms with van der Waals surface area (Å²) in [4.78, 5) is 14.2. The fraction of sp³-hybridized carbons (Fsp3) is 0.571. The van der Waals surface area contributed by atoms with Gasteiger partial charge in [-0.3, -0.25) is 4.79 Å². The van der Waals surface area contributed by atoms with Crippen LogP contribution in [0.2, 0.25) is 0 Å². The number of nitrogens with zero attached hydrogens (tertiary/aromatic N) is 3. The Bertz CT molecular complexity index is 522. The molecule has 0 saturated carbocycles. The molecule has 0 amide bonds. The van der Waals surface area contributed by atoms with Crippen LogP contribution in [0.4, 0.5) is 5.69 Å². The topological polar surface area (TPSA) is 50.2 Å². The smallest absolute Gasteiger partial charge is 0.283 e. The summed E-state index contributed by atoms with van der Waals surface area (Å²) in [6.07, 6.45) is 3.31. The number of hydrogen-bond donors (Lipinski definition) is 1. The summed E-state index contributed by atoms with van der Waals surface area (Å²) in [6, 6.07) is 0. The van der Waals surface area contributed by atoms with E-state index >= 15 is 0 Å². The molecule has 0 spiro atoms. The van der Waals surface area contributed by atoms with Crippen molar-refractivity contribution in [1.29, 1.82) is 0 Å². The Morgan fingerprint density at radius 3 is 2.75 bits per heavy atom. The molecule has 1 heterocycles. The van der Waals surface area contributed by atoms with E-state index < -0.39 is 0 Å². The molecule has 1 N–H and O–H groups in total. The van der Waals surface area contributed by atoms with Crippen LogP contribution >= 0.6 is 15.9 Å². The minimum atomic E-state index is -0.152. The first kappa shape index (κ1) is 16.9. The second-order valence-electron chi connectivity index (χ2n) is 5.90. The zero-order chi connectivity index (χ0) is 15.3. The van der Waals surface area contributed by atoms with E-state index in [-0.39, 0.29) is 11.0 Å². The molecular weight excluding hydrogens is 320 g/mol. The number of aromatic nitrogens is 2. The standard InChI is InChI=1S/C14H23BrN4O/c1-6-7-19-13(20)12(15)11(8-17-19)16-9-14(2,3)10-18(4)5/h6,8,16H,1,7,9-10H2,2-5H3. The minimum Gasteiger partial charge on any atom is -0.382 e. The van der Waals surface area contributed by atoms with Crippen molar-refractivity contribution in [3.8, 4) is 0 Å². The van der Waals surface area contributed by atoms with Gasteiger partial charge in [0, 0.05) is 13.1 Å². The van der Waals surface area contributed by atoms with Crippen molar-refractivity contribution >= 4 is 21.6 Å². The number of anilines is 1. The fourth-order valence-corrected chi connectivity index (χ4v) is 2.53. The Morgan fingerprint density at radius 1 is 1.55 bits per heavy atom. The van der Waals surface area contributed by atoms with Crippen LogP contribution in [0.1, 0.15) is 13.8 Å². The molecule has 0 fully saturated rings. The molecule has 1 rings (SSSR count). The van der Waals surface area contributed by atoms with Gasteiger partial charge in [-0.15, -0.1) is 6.58 Å². The van der Waals surface area contributed by atoms with E-state index in [1.807, 2.05) is 0 Å². The van der Waals surface area contributed by atoms with Crippen molar-refractivity contribution in [3.63, 3.8) is 0 Å². The summed E-state index contributed by atoms with van der Waals surface area (Å²) in [7, 11) is 4.10. The third-order valence-electron chi connectivity index (χ3n) is 2.79. The first-order chi connectivity index (χ1) is 9.26. The third-order valence-corrected chi connectivity index (χ3v) is 3.55. The van der Waals surface area contributed by atoms with Crippen LogP contribution in [-0.4, -0.2) is 41.9 Å². The Labute approximate surface area is 128 Å². The van der Waals surface area contributed by atoms with E-state index in [2.05, 4.69) is 65.8 Å². The van der Waals surface area contributed by atoms with Gasteiger partial charge in [0.2, 0.25) is 0 Å². The second-order valence-corrected chi connectivity index (χ2v) is 6.70. The van der Waals surface area contributed by atoms with Gasteiger partial charge >= 0.3 is 0 Å². The normalized spacial score (nSPS) is 11.7. The van der Waals surface area contributed by atoms with Gasteiger partial charge in [0.1, 0.15) is 4.47 Å². The number of rotatable bonds is 7. The predicted octanol–water partition coefficient (Wildman–Crippen LogP) is 2.19. The average molecular weight is 343 g/mol. The molecule has 0 aliphatic carbocycles. The summed E-state index contributed by atoms with van der Waals surface area (Å²) in [5, 5.41) is 7.41. The van der Waals surface area contributed by atoms with Crippen molar-refractivity contribution in [3.05, 3.63) is 33.7 Å². The van der Waals surface area contributed by atoms with E-state index in [0.29, 0.717) is 11.0 Å². The average Bonchev–Trinajstić information content (AvgIpc) is 2.33. The number of nitrogens with one attached hydrogen (secondary N) is 1. The van der Waals surface area contributed by atoms with Gasteiger partial charge in [-0.05, 0) is 35.4 Å². The van der Waals surface area contributed by atoms with Gasteiger partial charge in [0.25, 0.3) is 5.56 Å². The highest BCUT2D eigenvalue weighted by molar-refractivity contribution is 9.10. The van der Waals surface area contributed by atoms with E-state index in [1.54, 1.807) is 12.3 Å². The first-order valence-electron chi connectivity index (χ1n) is 6.52. The summed E-state index contributed by atoms with van der Waals surface area (Å²) in [5.41, 5.74) is 0.668. The van der Waals surface area contributed by atoms with Gasteiger partial charge in [0.05, 0.1) is 18.4 Å². The van der Waals surface area contributed by atoms with Crippen LogP contribution in [-0.2, 0) is 6.54 Å². The molecule has 0 radical (unpaired) electrons. The molecule has 0 bridgehead atoms. The van der Waals surface area contributed by atoms with E-state index in [0.717, 1.165) is 18.8 Å². The Morgan fingerprint density at radius 2 is 2.20 bits per heavy atom. The molecule has 0 aliphatic heterocycles. The van der Waals surface area contributed by atoms with Gasteiger partial charge in [-0.2, -0.15) is 5.10 Å². The second kappa shape index (κ2) is 7.04. The molecule has 0 aliphatic rings. The molecule has 0 atom stereocenters. The summed E-state index contributed by atoms with van der Waals surface area (Å²) >= 11 is 3.34. The van der Waals surface area contributed by atoms with Crippen molar-refractivity contribution in [2.75, 3.05) is 32.5 Å². The van der Waals surface area contributed by atoms with E-state index in [9.17, 15) is 4.79 Å². The zero-order valence-corrected chi connectivity index (χ0v) is 14.2. The van der Waals surface area contributed by atoms with Crippen molar-refractivity contribution in [1.82, 2.24) is 14.7 Å². The van der Waals surface area contributed by atoms with Gasteiger partial charge < -0.3 is 10.2 Å². The molecule has 0 unspecified atom stereocenters. The number of halogens is 1. The van der Waals surface area contributed by atoms with E-state index in [1.165, 1.54) is 4.68 Å². The lowest BCUT2D eigenvalue weighted by molar-refractivity contribution is 0.254. The molecule has 0 saturated heterocycles. The molecule has 1 aromatic heterocycles. The fourth-order valence-electron chi connectivity index (χ4n) is 2.09. The van der Waals surface area contributed by atoms with Crippen LogP contribution in [0.5, 0.6) is 0 Å². The Hall–Kier alpha value is -1.14. The summed E-state index contributed by atoms with van der Waals surface area (Å²) in [5.74, 6) is 0. The lowest BCUT2D eigenvalue weighted by Gasteiger charge is -2.29. The lowest BCUT2D eigenvalue weighted by Crippen LogP contribution is -2.35. The zero-order valence-electron chi connectivity index (χ0n) is 12.6. The maximum absolute atomic E-state index is 12.0. The molecule has 112 valence electrons. The summed E-state index contributed by atoms with van der Waals surface area (Å²) in [6.45, 7) is 10.1.